The number of hydrogen-bond acceptors (Lipinski definition) is 4. The van der Waals surface area contributed by atoms with Crippen LogP contribution in [-0.4, -0.2) is 19.9 Å². The molecule has 0 saturated carbocycles. The Morgan fingerprint density at radius 3 is 2.65 bits per heavy atom. The maximum atomic E-state index is 4.60. The second kappa shape index (κ2) is 4.35. The molecule has 0 aliphatic carbocycles. The molecule has 0 amide bonds. The van der Waals surface area contributed by atoms with Crippen LogP contribution in [0.25, 0.3) is 33.2 Å². The van der Waals surface area contributed by atoms with Crippen molar-refractivity contribution in [3.05, 3.63) is 61.2 Å². The molecule has 2 heterocycles. The van der Waals surface area contributed by atoms with Crippen LogP contribution in [0.2, 0.25) is 0 Å². The molecular weight excluding hydrogens is 248 g/mol. The van der Waals surface area contributed by atoms with Gasteiger partial charge in [0.2, 0.25) is 0 Å². The highest BCUT2D eigenvalue weighted by molar-refractivity contribution is 5.84. The summed E-state index contributed by atoms with van der Waals surface area (Å²) in [5, 5.41) is 2.05. The molecule has 0 atom stereocenters. The van der Waals surface area contributed by atoms with Gasteiger partial charge in [-0.15, -0.1) is 0 Å². The third kappa shape index (κ3) is 1.78. The average molecular weight is 258 g/mol. The minimum atomic E-state index is 0.712. The summed E-state index contributed by atoms with van der Waals surface area (Å²) in [5.74, 6) is 0.712. The largest absolute Gasteiger partial charge is 0.244 e. The van der Waals surface area contributed by atoms with Crippen LogP contribution in [0.15, 0.2) is 61.2 Å². The molecule has 0 saturated heterocycles. The zero-order chi connectivity index (χ0) is 13.4. The third-order valence-corrected chi connectivity index (χ3v) is 3.25. The minimum Gasteiger partial charge on any atom is -0.244 e. The Kier molecular flexibility index (Phi) is 2.39. The molecule has 2 aromatic carbocycles. The van der Waals surface area contributed by atoms with Gasteiger partial charge in [-0.05, 0) is 12.1 Å². The van der Waals surface area contributed by atoms with Gasteiger partial charge in [-0.2, -0.15) is 0 Å². The number of para-hydroxylation sites is 1. The van der Waals surface area contributed by atoms with Crippen LogP contribution in [0.5, 0.6) is 0 Å². The van der Waals surface area contributed by atoms with E-state index in [1.54, 1.807) is 12.5 Å². The van der Waals surface area contributed by atoms with Gasteiger partial charge in [0.05, 0.1) is 11.0 Å². The van der Waals surface area contributed by atoms with Crippen molar-refractivity contribution in [1.82, 2.24) is 19.9 Å². The summed E-state index contributed by atoms with van der Waals surface area (Å²) >= 11 is 0. The van der Waals surface area contributed by atoms with Crippen LogP contribution in [0.4, 0.5) is 0 Å². The lowest BCUT2D eigenvalue weighted by Gasteiger charge is -2.03. The molecule has 0 bridgehead atoms. The van der Waals surface area contributed by atoms with Crippen LogP contribution >= 0.6 is 0 Å². The van der Waals surface area contributed by atoms with Gasteiger partial charge < -0.3 is 0 Å². The zero-order valence-electron chi connectivity index (χ0n) is 10.6. The van der Waals surface area contributed by atoms with E-state index in [-0.39, 0.29) is 0 Å². The smallest absolute Gasteiger partial charge is 0.159 e. The van der Waals surface area contributed by atoms with Crippen LogP contribution in [0.1, 0.15) is 0 Å². The summed E-state index contributed by atoms with van der Waals surface area (Å²) < 4.78 is 0. The Morgan fingerprint density at radius 1 is 0.750 bits per heavy atom. The van der Waals surface area contributed by atoms with E-state index in [0.29, 0.717) is 5.82 Å². The first-order valence-electron chi connectivity index (χ1n) is 6.32. The van der Waals surface area contributed by atoms with Crippen molar-refractivity contribution in [2.75, 3.05) is 0 Å². The Bertz CT molecular complexity index is 841. The Morgan fingerprint density at radius 2 is 1.65 bits per heavy atom. The quantitative estimate of drug-likeness (QED) is 0.526. The zero-order valence-corrected chi connectivity index (χ0v) is 10.6. The first-order chi connectivity index (χ1) is 9.90. The number of fused-ring (bicyclic) bond motifs is 2. The van der Waals surface area contributed by atoms with Crippen molar-refractivity contribution in [3.63, 3.8) is 0 Å². The molecule has 0 radical (unpaired) electrons. The average Bonchev–Trinajstić information content (AvgIpc) is 2.54. The summed E-state index contributed by atoms with van der Waals surface area (Å²) in [6, 6.07) is 13.9. The molecule has 0 aliphatic rings. The van der Waals surface area contributed by atoms with Crippen molar-refractivity contribution in [3.8, 4) is 11.4 Å². The predicted octanol–water partition coefficient (Wildman–Crippen LogP) is 3.24. The van der Waals surface area contributed by atoms with E-state index < -0.39 is 0 Å². The number of nitrogens with zero attached hydrogens (tertiary/aromatic N) is 4. The van der Waals surface area contributed by atoms with Crippen LogP contribution in [0, 0.1) is 0 Å². The number of rotatable bonds is 1. The second-order valence-electron chi connectivity index (χ2n) is 4.55. The molecule has 94 valence electrons. The highest BCUT2D eigenvalue weighted by Gasteiger charge is 2.04. The van der Waals surface area contributed by atoms with E-state index in [1.807, 2.05) is 48.7 Å². The molecule has 0 spiro atoms. The van der Waals surface area contributed by atoms with Gasteiger partial charge in [-0.1, -0.05) is 30.3 Å². The standard InChI is InChI=1S/C16H10N4/c1-2-4-14-12(3-1)9-18-16(20-14)11-5-6-13-8-17-10-19-15(13)7-11/h1-10H. The molecule has 4 nitrogen and oxygen atoms in total. The summed E-state index contributed by atoms with van der Waals surface area (Å²) in [4.78, 5) is 17.3. The van der Waals surface area contributed by atoms with Gasteiger partial charge in [0.15, 0.2) is 5.82 Å². The van der Waals surface area contributed by atoms with E-state index in [9.17, 15) is 0 Å². The molecular formula is C16H10N4. The fourth-order valence-electron chi connectivity index (χ4n) is 2.22. The van der Waals surface area contributed by atoms with Crippen molar-refractivity contribution in [1.29, 1.82) is 0 Å². The van der Waals surface area contributed by atoms with Crippen LogP contribution < -0.4 is 0 Å². The fraction of sp³-hybridized carbons (Fsp3) is 0. The SMILES string of the molecule is c1ccc2nc(-c3ccc4cncnc4c3)ncc2c1. The minimum absolute atomic E-state index is 0.712. The van der Waals surface area contributed by atoms with Gasteiger partial charge in [0, 0.05) is 28.7 Å². The Balaban J connectivity index is 1.91. The first kappa shape index (κ1) is 11.0. The van der Waals surface area contributed by atoms with Gasteiger partial charge in [-0.25, -0.2) is 19.9 Å². The Labute approximate surface area is 115 Å². The highest BCUT2D eigenvalue weighted by Crippen LogP contribution is 2.21. The van der Waals surface area contributed by atoms with Gasteiger partial charge >= 0.3 is 0 Å². The molecule has 2 aromatic heterocycles. The lowest BCUT2D eigenvalue weighted by atomic mass is 10.1. The third-order valence-electron chi connectivity index (χ3n) is 3.25. The normalized spacial score (nSPS) is 11.0. The predicted molar refractivity (Wildman–Crippen MR) is 78.1 cm³/mol. The molecule has 20 heavy (non-hydrogen) atoms. The van der Waals surface area contributed by atoms with Crippen molar-refractivity contribution < 1.29 is 0 Å². The molecule has 0 N–H and O–H groups in total. The van der Waals surface area contributed by atoms with E-state index in [0.717, 1.165) is 27.4 Å². The van der Waals surface area contributed by atoms with Crippen molar-refractivity contribution >= 4 is 21.8 Å². The van der Waals surface area contributed by atoms with Crippen LogP contribution in [0.3, 0.4) is 0 Å². The van der Waals surface area contributed by atoms with E-state index >= 15 is 0 Å². The summed E-state index contributed by atoms with van der Waals surface area (Å²) in [6.07, 6.45) is 5.20. The lowest BCUT2D eigenvalue weighted by Crippen LogP contribution is -1.90. The molecule has 4 aromatic rings. The van der Waals surface area contributed by atoms with E-state index in [2.05, 4.69) is 19.9 Å². The Hall–Kier alpha value is -2.88. The fourth-order valence-corrected chi connectivity index (χ4v) is 2.22. The van der Waals surface area contributed by atoms with Crippen molar-refractivity contribution in [2.24, 2.45) is 0 Å². The van der Waals surface area contributed by atoms with Gasteiger partial charge in [0.25, 0.3) is 0 Å². The molecule has 4 rings (SSSR count). The lowest BCUT2D eigenvalue weighted by molar-refractivity contribution is 1.21. The van der Waals surface area contributed by atoms with Gasteiger partial charge in [-0.3, -0.25) is 0 Å². The van der Waals surface area contributed by atoms with Crippen molar-refractivity contribution in [2.45, 2.75) is 0 Å². The number of hydrogen-bond donors (Lipinski definition) is 0. The molecule has 0 unspecified atom stereocenters. The van der Waals surface area contributed by atoms with E-state index in [4.69, 9.17) is 0 Å². The van der Waals surface area contributed by atoms with E-state index in [1.165, 1.54) is 0 Å². The number of benzene rings is 2. The maximum Gasteiger partial charge on any atom is 0.159 e. The molecule has 4 heteroatoms. The summed E-state index contributed by atoms with van der Waals surface area (Å²) in [7, 11) is 0. The molecule has 0 fully saturated rings. The number of aromatic nitrogens is 4. The summed E-state index contributed by atoms with van der Waals surface area (Å²) in [6.45, 7) is 0. The topological polar surface area (TPSA) is 51.6 Å². The summed E-state index contributed by atoms with van der Waals surface area (Å²) in [5.41, 5.74) is 2.80. The second-order valence-corrected chi connectivity index (χ2v) is 4.55. The first-order valence-corrected chi connectivity index (χ1v) is 6.32. The van der Waals surface area contributed by atoms with Gasteiger partial charge in [0.1, 0.15) is 6.33 Å². The highest BCUT2D eigenvalue weighted by atomic mass is 14.9. The molecule has 0 aliphatic heterocycles. The monoisotopic (exact) mass is 258 g/mol. The van der Waals surface area contributed by atoms with Crippen LogP contribution in [-0.2, 0) is 0 Å². The maximum absolute atomic E-state index is 4.60.